The molecule has 0 spiro atoms. The van der Waals surface area contributed by atoms with E-state index in [1.54, 1.807) is 0 Å². The molecule has 0 radical (unpaired) electrons. The van der Waals surface area contributed by atoms with E-state index in [0.29, 0.717) is 0 Å². The zero-order chi connectivity index (χ0) is 30.1. The van der Waals surface area contributed by atoms with E-state index in [0.717, 1.165) is 38.6 Å². The highest BCUT2D eigenvalue weighted by Gasteiger charge is 2.35. The number of nitrogens with zero attached hydrogens (tertiary/aromatic N) is 2. The van der Waals surface area contributed by atoms with Gasteiger partial charge in [-0.2, -0.15) is 0 Å². The Hall–Kier alpha value is -5.60. The Morgan fingerprint density at radius 2 is 0.978 bits per heavy atom. The van der Waals surface area contributed by atoms with Crippen LogP contribution in [0.25, 0.3) is 77.2 Å². The first-order valence-electron chi connectivity index (χ1n) is 15.6. The van der Waals surface area contributed by atoms with Gasteiger partial charge in [-0.1, -0.05) is 141 Å². The molecule has 0 unspecified atom stereocenters. The van der Waals surface area contributed by atoms with Crippen LogP contribution in [0.5, 0.6) is 0 Å². The molecule has 1 aromatic heterocycles. The quantitative estimate of drug-likeness (QED) is 0.196. The molecule has 2 nitrogen and oxygen atoms in total. The minimum Gasteiger partial charge on any atom is -0.252 e. The molecule has 1 heterocycles. The summed E-state index contributed by atoms with van der Waals surface area (Å²) in [7, 11) is 0. The third kappa shape index (κ3) is 3.96. The molecule has 9 rings (SSSR count). The van der Waals surface area contributed by atoms with Gasteiger partial charge in [0.05, 0.1) is 22.9 Å². The number of hydrogen-bond donors (Lipinski definition) is 0. The Labute approximate surface area is 262 Å². The van der Waals surface area contributed by atoms with Gasteiger partial charge in [0.25, 0.3) is 0 Å². The van der Waals surface area contributed by atoms with Crippen molar-refractivity contribution < 1.29 is 0 Å². The van der Waals surface area contributed by atoms with Crippen molar-refractivity contribution in [3.8, 4) is 44.6 Å². The van der Waals surface area contributed by atoms with E-state index < -0.39 is 0 Å². The highest BCUT2D eigenvalue weighted by atomic mass is 14.8. The Bertz CT molecular complexity index is 2420. The molecule has 2 heteroatoms. The molecule has 0 N–H and O–H groups in total. The molecular formula is C43H30N2. The van der Waals surface area contributed by atoms with Crippen molar-refractivity contribution in [2.45, 2.75) is 19.3 Å². The Balaban J connectivity index is 1.08. The van der Waals surface area contributed by atoms with Crippen molar-refractivity contribution in [1.82, 2.24) is 9.97 Å². The molecule has 212 valence electrons. The minimum atomic E-state index is -0.00659. The van der Waals surface area contributed by atoms with Gasteiger partial charge in [0, 0.05) is 21.8 Å². The molecule has 0 saturated heterocycles. The van der Waals surface area contributed by atoms with Crippen molar-refractivity contribution in [3.63, 3.8) is 0 Å². The fraction of sp³-hybridized carbons (Fsp3) is 0.0698. The number of hydrogen-bond acceptors (Lipinski definition) is 2. The first-order valence-corrected chi connectivity index (χ1v) is 15.6. The highest BCUT2D eigenvalue weighted by Crippen LogP contribution is 2.49. The van der Waals surface area contributed by atoms with Crippen LogP contribution in [-0.2, 0) is 5.41 Å². The molecule has 0 saturated carbocycles. The number of benzene rings is 7. The van der Waals surface area contributed by atoms with Gasteiger partial charge in [-0.15, -0.1) is 0 Å². The summed E-state index contributed by atoms with van der Waals surface area (Å²) in [6, 6.07) is 50.3. The van der Waals surface area contributed by atoms with Crippen molar-refractivity contribution >= 4 is 32.6 Å². The summed E-state index contributed by atoms with van der Waals surface area (Å²) >= 11 is 0. The van der Waals surface area contributed by atoms with E-state index in [1.807, 2.05) is 6.20 Å². The second-order valence-corrected chi connectivity index (χ2v) is 12.6. The van der Waals surface area contributed by atoms with E-state index in [4.69, 9.17) is 9.97 Å². The zero-order valence-corrected chi connectivity index (χ0v) is 25.3. The zero-order valence-electron chi connectivity index (χ0n) is 25.3. The first-order chi connectivity index (χ1) is 22.1. The molecule has 7 aromatic carbocycles. The van der Waals surface area contributed by atoms with Crippen LogP contribution in [0.4, 0.5) is 0 Å². The van der Waals surface area contributed by atoms with E-state index in [-0.39, 0.29) is 5.41 Å². The minimum absolute atomic E-state index is 0.00659. The van der Waals surface area contributed by atoms with Crippen LogP contribution in [0.2, 0.25) is 0 Å². The predicted octanol–water partition coefficient (Wildman–Crippen LogP) is 11.2. The van der Waals surface area contributed by atoms with Gasteiger partial charge in [-0.25, -0.2) is 4.98 Å². The summed E-state index contributed by atoms with van der Waals surface area (Å²) in [5.74, 6) is 0. The lowest BCUT2D eigenvalue weighted by Gasteiger charge is -2.22. The standard InChI is InChI=1S/C43H30N2/c1-43(2)38-17-8-7-14-34(38)35-23-22-30(25-39(35)43)28-20-18-27(19-21-28)29-10-9-11-31(24-29)40-26-44-41-36-15-5-3-12-32(36)33-13-4-6-16-37(33)42(41)45-40/h3-26H,1-2H3. The van der Waals surface area contributed by atoms with Crippen LogP contribution in [0.3, 0.4) is 0 Å². The summed E-state index contributed by atoms with van der Waals surface area (Å²) in [6.07, 6.45) is 1.92. The van der Waals surface area contributed by atoms with Crippen LogP contribution in [0.1, 0.15) is 25.0 Å². The van der Waals surface area contributed by atoms with E-state index in [1.165, 1.54) is 49.7 Å². The molecule has 45 heavy (non-hydrogen) atoms. The smallest absolute Gasteiger partial charge is 0.0979 e. The normalized spacial score (nSPS) is 13.3. The molecule has 0 aliphatic heterocycles. The molecule has 8 aromatic rings. The van der Waals surface area contributed by atoms with Crippen molar-refractivity contribution in [2.24, 2.45) is 0 Å². The fourth-order valence-electron chi connectivity index (χ4n) is 7.36. The van der Waals surface area contributed by atoms with E-state index in [2.05, 4.69) is 153 Å². The lowest BCUT2D eigenvalue weighted by molar-refractivity contribution is 0.660. The second-order valence-electron chi connectivity index (χ2n) is 12.6. The van der Waals surface area contributed by atoms with Gasteiger partial charge in [0.15, 0.2) is 0 Å². The summed E-state index contributed by atoms with van der Waals surface area (Å²) in [4.78, 5) is 10.2. The number of rotatable bonds is 3. The summed E-state index contributed by atoms with van der Waals surface area (Å²) in [5.41, 5.74) is 14.2. The lowest BCUT2D eigenvalue weighted by Crippen LogP contribution is -2.14. The molecule has 0 bridgehead atoms. The highest BCUT2D eigenvalue weighted by molar-refractivity contribution is 6.23. The topological polar surface area (TPSA) is 25.8 Å². The number of aromatic nitrogens is 2. The summed E-state index contributed by atoms with van der Waals surface area (Å²) in [6.45, 7) is 4.67. The molecular weight excluding hydrogens is 544 g/mol. The average molecular weight is 575 g/mol. The van der Waals surface area contributed by atoms with Gasteiger partial charge >= 0.3 is 0 Å². The molecule has 0 fully saturated rings. The molecule has 0 amide bonds. The number of fused-ring (bicyclic) bond motifs is 9. The van der Waals surface area contributed by atoms with Gasteiger partial charge in [0.1, 0.15) is 0 Å². The van der Waals surface area contributed by atoms with E-state index >= 15 is 0 Å². The van der Waals surface area contributed by atoms with Crippen LogP contribution < -0.4 is 0 Å². The molecule has 1 aliphatic carbocycles. The molecule has 1 aliphatic rings. The fourth-order valence-corrected chi connectivity index (χ4v) is 7.36. The maximum Gasteiger partial charge on any atom is 0.0979 e. The Kier molecular flexibility index (Phi) is 5.58. The monoisotopic (exact) mass is 574 g/mol. The Morgan fingerprint density at radius 3 is 1.71 bits per heavy atom. The predicted molar refractivity (Wildman–Crippen MR) is 188 cm³/mol. The van der Waals surface area contributed by atoms with Crippen LogP contribution in [0, 0.1) is 0 Å². The van der Waals surface area contributed by atoms with Gasteiger partial charge in [0.2, 0.25) is 0 Å². The largest absolute Gasteiger partial charge is 0.252 e. The van der Waals surface area contributed by atoms with Crippen LogP contribution in [-0.4, -0.2) is 9.97 Å². The SMILES string of the molecule is CC1(C)c2ccccc2-c2ccc(-c3ccc(-c4cccc(-c5cnc6c7ccccc7c7ccccc7c6n5)c4)cc3)cc21. The summed E-state index contributed by atoms with van der Waals surface area (Å²) in [5, 5.41) is 4.68. The van der Waals surface area contributed by atoms with Crippen molar-refractivity contribution in [3.05, 3.63) is 157 Å². The Morgan fingerprint density at radius 1 is 0.422 bits per heavy atom. The van der Waals surface area contributed by atoms with Gasteiger partial charge in [-0.3, -0.25) is 4.98 Å². The lowest BCUT2D eigenvalue weighted by atomic mass is 9.81. The van der Waals surface area contributed by atoms with Crippen molar-refractivity contribution in [1.29, 1.82) is 0 Å². The third-order valence-corrected chi connectivity index (χ3v) is 9.72. The molecule has 0 atom stereocenters. The second kappa shape index (κ2) is 9.70. The summed E-state index contributed by atoms with van der Waals surface area (Å²) < 4.78 is 0. The average Bonchev–Trinajstić information content (AvgIpc) is 3.34. The first kappa shape index (κ1) is 25.9. The van der Waals surface area contributed by atoms with Crippen LogP contribution in [0.15, 0.2) is 146 Å². The third-order valence-electron chi connectivity index (χ3n) is 9.72. The van der Waals surface area contributed by atoms with E-state index in [9.17, 15) is 0 Å². The maximum atomic E-state index is 5.20. The van der Waals surface area contributed by atoms with Gasteiger partial charge < -0.3 is 0 Å². The maximum absolute atomic E-state index is 5.20. The van der Waals surface area contributed by atoms with Crippen LogP contribution >= 0.6 is 0 Å². The van der Waals surface area contributed by atoms with Gasteiger partial charge in [-0.05, 0) is 67.4 Å². The van der Waals surface area contributed by atoms with Crippen molar-refractivity contribution in [2.75, 3.05) is 0 Å².